The first-order valence-electron chi connectivity index (χ1n) is 5.91. The van der Waals surface area contributed by atoms with Gasteiger partial charge in [0.05, 0.1) is 0 Å². The van der Waals surface area contributed by atoms with Crippen molar-refractivity contribution >= 4 is 15.9 Å². The Hall–Kier alpha value is 0.440. The largest absolute Gasteiger partial charge is 0.385 e. The summed E-state index contributed by atoms with van der Waals surface area (Å²) in [6.07, 6.45) is 8.14. The third-order valence-electron chi connectivity index (χ3n) is 3.50. The Kier molecular flexibility index (Phi) is 6.11. The molecule has 0 saturated heterocycles. The van der Waals surface area contributed by atoms with Crippen molar-refractivity contribution < 1.29 is 4.74 Å². The summed E-state index contributed by atoms with van der Waals surface area (Å²) in [4.78, 5) is 0.766. The van der Waals surface area contributed by atoms with Crippen molar-refractivity contribution in [3.8, 4) is 0 Å². The average molecular weight is 263 g/mol. The van der Waals surface area contributed by atoms with E-state index in [1.165, 1.54) is 38.5 Å². The maximum atomic E-state index is 5.11. The third-order valence-corrected chi connectivity index (χ3v) is 4.70. The standard InChI is InChI=1S/C12H23BrO/c1-3-10-6-7-12(13)11(9-10)5-4-8-14-2/h10-12H,3-9H2,1-2H3. The molecule has 1 nitrogen and oxygen atoms in total. The summed E-state index contributed by atoms with van der Waals surface area (Å²) in [6.45, 7) is 3.25. The molecule has 0 heterocycles. The van der Waals surface area contributed by atoms with Gasteiger partial charge in [0.15, 0.2) is 0 Å². The quantitative estimate of drug-likeness (QED) is 0.538. The van der Waals surface area contributed by atoms with Crippen molar-refractivity contribution in [2.24, 2.45) is 11.8 Å². The molecular weight excluding hydrogens is 240 g/mol. The van der Waals surface area contributed by atoms with E-state index in [1.54, 1.807) is 7.11 Å². The Labute approximate surface area is 96.7 Å². The highest BCUT2D eigenvalue weighted by Gasteiger charge is 2.27. The molecule has 1 fully saturated rings. The number of hydrogen-bond acceptors (Lipinski definition) is 1. The molecule has 1 aliphatic carbocycles. The van der Waals surface area contributed by atoms with Crippen molar-refractivity contribution in [3.63, 3.8) is 0 Å². The molecule has 0 aromatic rings. The van der Waals surface area contributed by atoms with Gasteiger partial charge >= 0.3 is 0 Å². The molecular formula is C12H23BrO. The Bertz CT molecular complexity index is 149. The molecule has 0 amide bonds. The van der Waals surface area contributed by atoms with Crippen LogP contribution in [0.15, 0.2) is 0 Å². The summed E-state index contributed by atoms with van der Waals surface area (Å²) >= 11 is 3.82. The zero-order valence-corrected chi connectivity index (χ0v) is 11.1. The van der Waals surface area contributed by atoms with Crippen molar-refractivity contribution in [3.05, 3.63) is 0 Å². The lowest BCUT2D eigenvalue weighted by Gasteiger charge is -2.32. The molecule has 0 bridgehead atoms. The molecule has 1 saturated carbocycles. The first kappa shape index (κ1) is 12.5. The monoisotopic (exact) mass is 262 g/mol. The fourth-order valence-electron chi connectivity index (χ4n) is 2.48. The van der Waals surface area contributed by atoms with E-state index in [2.05, 4.69) is 22.9 Å². The van der Waals surface area contributed by atoms with Gasteiger partial charge in [-0.15, -0.1) is 0 Å². The van der Waals surface area contributed by atoms with Crippen LogP contribution >= 0.6 is 15.9 Å². The third kappa shape index (κ3) is 3.90. The van der Waals surface area contributed by atoms with E-state index < -0.39 is 0 Å². The van der Waals surface area contributed by atoms with Gasteiger partial charge in [0.1, 0.15) is 0 Å². The summed E-state index contributed by atoms with van der Waals surface area (Å²) in [6, 6.07) is 0. The highest BCUT2D eigenvalue weighted by atomic mass is 79.9. The molecule has 1 rings (SSSR count). The lowest BCUT2D eigenvalue weighted by Crippen LogP contribution is -2.25. The van der Waals surface area contributed by atoms with Crippen LogP contribution in [0, 0.1) is 11.8 Å². The van der Waals surface area contributed by atoms with Crippen LogP contribution in [0.1, 0.15) is 45.4 Å². The lowest BCUT2D eigenvalue weighted by atomic mass is 9.78. The fourth-order valence-corrected chi connectivity index (χ4v) is 3.23. The SMILES string of the molecule is CCC1CCC(Br)C(CCCOC)C1. The summed E-state index contributed by atoms with van der Waals surface area (Å²) in [7, 11) is 1.79. The predicted molar refractivity (Wildman–Crippen MR) is 64.9 cm³/mol. The first-order chi connectivity index (χ1) is 6.77. The molecule has 3 atom stereocenters. The van der Waals surface area contributed by atoms with Crippen molar-refractivity contribution in [2.45, 2.75) is 50.3 Å². The molecule has 3 unspecified atom stereocenters. The molecule has 0 N–H and O–H groups in total. The van der Waals surface area contributed by atoms with Crippen LogP contribution in [-0.2, 0) is 4.74 Å². The van der Waals surface area contributed by atoms with Crippen LogP contribution in [-0.4, -0.2) is 18.5 Å². The maximum Gasteiger partial charge on any atom is 0.0462 e. The van der Waals surface area contributed by atoms with E-state index in [1.807, 2.05) is 0 Å². The second kappa shape index (κ2) is 6.84. The molecule has 1 aliphatic rings. The lowest BCUT2D eigenvalue weighted by molar-refractivity contribution is 0.176. The molecule has 84 valence electrons. The van der Waals surface area contributed by atoms with Gasteiger partial charge in [-0.1, -0.05) is 29.3 Å². The minimum atomic E-state index is 0.766. The second-order valence-corrected chi connectivity index (χ2v) is 5.67. The Balaban J connectivity index is 2.25. The normalized spacial score (nSPS) is 33.2. The fraction of sp³-hybridized carbons (Fsp3) is 1.00. The van der Waals surface area contributed by atoms with Crippen molar-refractivity contribution in [1.29, 1.82) is 0 Å². The van der Waals surface area contributed by atoms with Gasteiger partial charge in [-0.2, -0.15) is 0 Å². The second-order valence-electron chi connectivity index (χ2n) is 4.50. The molecule has 14 heavy (non-hydrogen) atoms. The zero-order valence-electron chi connectivity index (χ0n) is 9.47. The zero-order chi connectivity index (χ0) is 10.4. The van der Waals surface area contributed by atoms with Gasteiger partial charge in [0.2, 0.25) is 0 Å². The first-order valence-corrected chi connectivity index (χ1v) is 6.82. The predicted octanol–water partition coefficient (Wildman–Crippen LogP) is 4.00. The van der Waals surface area contributed by atoms with Crippen LogP contribution < -0.4 is 0 Å². The highest BCUT2D eigenvalue weighted by Crippen LogP contribution is 2.37. The van der Waals surface area contributed by atoms with E-state index in [-0.39, 0.29) is 0 Å². The Morgan fingerprint density at radius 2 is 2.14 bits per heavy atom. The maximum absolute atomic E-state index is 5.11. The van der Waals surface area contributed by atoms with Crippen LogP contribution in [0.2, 0.25) is 0 Å². The minimum Gasteiger partial charge on any atom is -0.385 e. The summed E-state index contributed by atoms with van der Waals surface area (Å²) < 4.78 is 5.11. The van der Waals surface area contributed by atoms with Crippen LogP contribution in [0.25, 0.3) is 0 Å². The van der Waals surface area contributed by atoms with Gasteiger partial charge in [-0.05, 0) is 43.9 Å². The van der Waals surface area contributed by atoms with Gasteiger partial charge in [-0.3, -0.25) is 0 Å². The van der Waals surface area contributed by atoms with Gasteiger partial charge in [-0.25, -0.2) is 0 Å². The minimum absolute atomic E-state index is 0.766. The van der Waals surface area contributed by atoms with Crippen molar-refractivity contribution in [1.82, 2.24) is 0 Å². The Morgan fingerprint density at radius 3 is 2.79 bits per heavy atom. The number of methoxy groups -OCH3 is 1. The van der Waals surface area contributed by atoms with E-state index in [4.69, 9.17) is 4.74 Å². The molecule has 0 spiro atoms. The Morgan fingerprint density at radius 1 is 1.36 bits per heavy atom. The molecule has 0 aliphatic heterocycles. The van der Waals surface area contributed by atoms with E-state index >= 15 is 0 Å². The van der Waals surface area contributed by atoms with E-state index in [9.17, 15) is 0 Å². The smallest absolute Gasteiger partial charge is 0.0462 e. The number of ether oxygens (including phenoxy) is 1. The number of alkyl halides is 1. The van der Waals surface area contributed by atoms with Crippen molar-refractivity contribution in [2.75, 3.05) is 13.7 Å². The summed E-state index contributed by atoms with van der Waals surface area (Å²) in [5.74, 6) is 1.88. The summed E-state index contributed by atoms with van der Waals surface area (Å²) in [5.41, 5.74) is 0. The molecule has 2 heteroatoms. The van der Waals surface area contributed by atoms with Crippen LogP contribution in [0.5, 0.6) is 0 Å². The molecule has 0 radical (unpaired) electrons. The van der Waals surface area contributed by atoms with E-state index in [0.717, 1.165) is 23.3 Å². The number of rotatable bonds is 5. The van der Waals surface area contributed by atoms with Crippen LogP contribution in [0.4, 0.5) is 0 Å². The van der Waals surface area contributed by atoms with Gasteiger partial charge in [0.25, 0.3) is 0 Å². The van der Waals surface area contributed by atoms with Gasteiger partial charge < -0.3 is 4.74 Å². The highest BCUT2D eigenvalue weighted by molar-refractivity contribution is 9.09. The van der Waals surface area contributed by atoms with Gasteiger partial charge in [0, 0.05) is 18.5 Å². The number of halogens is 1. The topological polar surface area (TPSA) is 9.23 Å². The number of hydrogen-bond donors (Lipinski definition) is 0. The van der Waals surface area contributed by atoms with E-state index in [0.29, 0.717) is 0 Å². The average Bonchev–Trinajstić information content (AvgIpc) is 2.21. The molecule has 0 aromatic heterocycles. The summed E-state index contributed by atoms with van der Waals surface area (Å²) in [5, 5.41) is 0. The van der Waals surface area contributed by atoms with Crippen LogP contribution in [0.3, 0.4) is 0 Å². The molecule has 0 aromatic carbocycles.